The Morgan fingerprint density at radius 3 is 2.75 bits per heavy atom. The van der Waals surface area contributed by atoms with Gasteiger partial charge in [-0.1, -0.05) is 12.1 Å². The van der Waals surface area contributed by atoms with E-state index in [0.29, 0.717) is 6.61 Å². The average Bonchev–Trinajstić information content (AvgIpc) is 2.89. The minimum absolute atomic E-state index is 0.0879. The fourth-order valence-corrected chi connectivity index (χ4v) is 2.89. The summed E-state index contributed by atoms with van der Waals surface area (Å²) in [5, 5.41) is -0.733. The average molecular weight is 360 g/mol. The number of alkyl halides is 1. The zero-order chi connectivity index (χ0) is 14.3. The first-order valence-electron chi connectivity index (χ1n) is 6.10. The van der Waals surface area contributed by atoms with Crippen LogP contribution in [0.25, 0.3) is 0 Å². The highest BCUT2D eigenvalue weighted by Crippen LogP contribution is 2.36. The highest BCUT2D eigenvalue weighted by molar-refractivity contribution is 9.10. The monoisotopic (exact) mass is 358 g/mol. The second kappa shape index (κ2) is 5.34. The normalized spacial score (nSPS) is 14.8. The van der Waals surface area contributed by atoms with Gasteiger partial charge in [-0.25, -0.2) is 8.78 Å². The van der Waals surface area contributed by atoms with Gasteiger partial charge in [0.1, 0.15) is 17.4 Å². The Kier molecular flexibility index (Phi) is 3.69. The van der Waals surface area contributed by atoms with Crippen molar-refractivity contribution >= 4 is 27.5 Å². The zero-order valence-corrected chi connectivity index (χ0v) is 12.6. The van der Waals surface area contributed by atoms with Crippen molar-refractivity contribution in [1.82, 2.24) is 0 Å². The smallest absolute Gasteiger partial charge is 0.137 e. The van der Waals surface area contributed by atoms with Crippen molar-refractivity contribution in [1.29, 1.82) is 0 Å². The summed E-state index contributed by atoms with van der Waals surface area (Å²) in [4.78, 5) is 0. The van der Waals surface area contributed by atoms with E-state index in [0.717, 1.165) is 35.4 Å². The van der Waals surface area contributed by atoms with Gasteiger partial charge in [-0.2, -0.15) is 0 Å². The molecule has 0 bridgehead atoms. The van der Waals surface area contributed by atoms with Gasteiger partial charge >= 0.3 is 0 Å². The van der Waals surface area contributed by atoms with Crippen LogP contribution in [0.5, 0.6) is 5.75 Å². The van der Waals surface area contributed by atoms with Crippen molar-refractivity contribution in [3.63, 3.8) is 0 Å². The first kappa shape index (κ1) is 13.8. The predicted octanol–water partition coefficient (Wildman–Crippen LogP) is 4.99. The number of rotatable bonds is 2. The molecule has 1 unspecified atom stereocenters. The molecule has 3 rings (SSSR count). The number of ether oxygens (including phenoxy) is 1. The van der Waals surface area contributed by atoms with E-state index < -0.39 is 17.0 Å². The molecule has 0 radical (unpaired) electrons. The lowest BCUT2D eigenvalue weighted by molar-refractivity contribution is 0.357. The van der Waals surface area contributed by atoms with Gasteiger partial charge in [0.25, 0.3) is 0 Å². The van der Waals surface area contributed by atoms with Crippen LogP contribution in [0.1, 0.15) is 22.1 Å². The number of fused-ring (bicyclic) bond motifs is 1. The van der Waals surface area contributed by atoms with Crippen LogP contribution in [0.4, 0.5) is 8.78 Å². The molecule has 1 aliphatic rings. The summed E-state index contributed by atoms with van der Waals surface area (Å²) in [6.45, 7) is 0.646. The maximum atomic E-state index is 13.9. The van der Waals surface area contributed by atoms with Gasteiger partial charge in [0.2, 0.25) is 0 Å². The summed E-state index contributed by atoms with van der Waals surface area (Å²) < 4.78 is 33.0. The van der Waals surface area contributed by atoms with Crippen LogP contribution in [-0.2, 0) is 6.42 Å². The first-order valence-corrected chi connectivity index (χ1v) is 7.33. The fourth-order valence-electron chi connectivity index (χ4n) is 2.28. The van der Waals surface area contributed by atoms with Crippen LogP contribution in [0.3, 0.4) is 0 Å². The molecular weight excluding hydrogens is 350 g/mol. The molecule has 0 fully saturated rings. The number of halogens is 4. The lowest BCUT2D eigenvalue weighted by Gasteiger charge is -2.13. The van der Waals surface area contributed by atoms with E-state index in [1.807, 2.05) is 12.1 Å². The zero-order valence-electron chi connectivity index (χ0n) is 10.3. The maximum absolute atomic E-state index is 13.9. The Labute approximate surface area is 128 Å². The summed E-state index contributed by atoms with van der Waals surface area (Å²) in [5.74, 6) is -0.230. The molecule has 5 heteroatoms. The topological polar surface area (TPSA) is 9.23 Å². The van der Waals surface area contributed by atoms with Crippen LogP contribution in [0.2, 0.25) is 0 Å². The SMILES string of the molecule is Fc1cc(C(Cl)c2ccc3c(c2)CCO3)c(F)cc1Br. The summed E-state index contributed by atoms with van der Waals surface area (Å²) >= 11 is 9.25. The Balaban J connectivity index is 2.00. The number of hydrogen-bond donors (Lipinski definition) is 0. The number of benzene rings is 2. The first-order chi connectivity index (χ1) is 9.56. The van der Waals surface area contributed by atoms with Crippen LogP contribution in [0.15, 0.2) is 34.8 Å². The Hall–Kier alpha value is -1.13. The largest absolute Gasteiger partial charge is 0.493 e. The molecule has 1 aliphatic heterocycles. The minimum atomic E-state index is -0.733. The van der Waals surface area contributed by atoms with E-state index in [2.05, 4.69) is 15.9 Å². The van der Waals surface area contributed by atoms with Gasteiger partial charge in [0.15, 0.2) is 0 Å². The van der Waals surface area contributed by atoms with E-state index in [4.69, 9.17) is 16.3 Å². The molecule has 0 aromatic heterocycles. The lowest BCUT2D eigenvalue weighted by atomic mass is 10.0. The third-order valence-electron chi connectivity index (χ3n) is 3.32. The van der Waals surface area contributed by atoms with Gasteiger partial charge in [-0.05, 0) is 45.3 Å². The molecule has 1 atom stereocenters. The summed E-state index contributed by atoms with van der Waals surface area (Å²) in [6.07, 6.45) is 0.809. The van der Waals surface area contributed by atoms with E-state index in [-0.39, 0.29) is 10.0 Å². The molecule has 104 valence electrons. The molecule has 0 saturated heterocycles. The second-order valence-corrected chi connectivity index (χ2v) is 5.91. The van der Waals surface area contributed by atoms with Crippen LogP contribution in [0, 0.1) is 11.6 Å². The van der Waals surface area contributed by atoms with E-state index in [1.54, 1.807) is 6.07 Å². The highest BCUT2D eigenvalue weighted by atomic mass is 79.9. The van der Waals surface area contributed by atoms with Crippen molar-refractivity contribution in [3.8, 4) is 5.75 Å². The predicted molar refractivity (Wildman–Crippen MR) is 77.4 cm³/mol. The maximum Gasteiger partial charge on any atom is 0.137 e. The molecule has 1 nitrogen and oxygen atoms in total. The van der Waals surface area contributed by atoms with Crippen LogP contribution < -0.4 is 4.74 Å². The second-order valence-electron chi connectivity index (χ2n) is 4.62. The van der Waals surface area contributed by atoms with Crippen molar-refractivity contribution in [2.24, 2.45) is 0 Å². The van der Waals surface area contributed by atoms with Gasteiger partial charge in [-0.15, -0.1) is 11.6 Å². The van der Waals surface area contributed by atoms with Gasteiger partial charge in [0, 0.05) is 12.0 Å². The van der Waals surface area contributed by atoms with E-state index in [9.17, 15) is 8.78 Å². The van der Waals surface area contributed by atoms with Gasteiger partial charge < -0.3 is 4.74 Å². The van der Waals surface area contributed by atoms with Crippen molar-refractivity contribution in [2.45, 2.75) is 11.8 Å². The van der Waals surface area contributed by atoms with Crippen molar-refractivity contribution in [2.75, 3.05) is 6.61 Å². The van der Waals surface area contributed by atoms with Gasteiger partial charge in [0.05, 0.1) is 16.5 Å². The summed E-state index contributed by atoms with van der Waals surface area (Å²) in [6, 6.07) is 7.71. The molecule has 2 aromatic rings. The molecule has 0 amide bonds. The minimum Gasteiger partial charge on any atom is -0.493 e. The quantitative estimate of drug-likeness (QED) is 0.542. The third-order valence-corrected chi connectivity index (χ3v) is 4.41. The van der Waals surface area contributed by atoms with Crippen molar-refractivity contribution < 1.29 is 13.5 Å². The van der Waals surface area contributed by atoms with Crippen LogP contribution in [-0.4, -0.2) is 6.61 Å². The molecule has 2 aromatic carbocycles. The Morgan fingerprint density at radius 1 is 1.15 bits per heavy atom. The number of hydrogen-bond acceptors (Lipinski definition) is 1. The molecule has 0 aliphatic carbocycles. The Bertz CT molecular complexity index is 675. The van der Waals surface area contributed by atoms with Gasteiger partial charge in [-0.3, -0.25) is 0 Å². The summed E-state index contributed by atoms with van der Waals surface area (Å²) in [5.41, 5.74) is 1.91. The Morgan fingerprint density at radius 2 is 1.95 bits per heavy atom. The standard InChI is InChI=1S/C15H10BrClF2O/c16-11-7-12(18)10(6-13(11)19)15(17)9-1-2-14-8(5-9)3-4-20-14/h1-2,5-7,15H,3-4H2. The third kappa shape index (κ3) is 2.42. The summed E-state index contributed by atoms with van der Waals surface area (Å²) in [7, 11) is 0. The van der Waals surface area contributed by atoms with Crippen molar-refractivity contribution in [3.05, 3.63) is 63.1 Å². The molecule has 1 heterocycles. The molecule has 0 saturated carbocycles. The lowest BCUT2D eigenvalue weighted by Crippen LogP contribution is -1.99. The molecular formula is C15H10BrClF2O. The fraction of sp³-hybridized carbons (Fsp3) is 0.200. The molecule has 0 N–H and O–H groups in total. The molecule has 20 heavy (non-hydrogen) atoms. The van der Waals surface area contributed by atoms with E-state index >= 15 is 0 Å². The van der Waals surface area contributed by atoms with Crippen LogP contribution >= 0.6 is 27.5 Å². The van der Waals surface area contributed by atoms with E-state index in [1.165, 1.54) is 0 Å². The molecule has 0 spiro atoms. The highest BCUT2D eigenvalue weighted by Gasteiger charge is 2.20.